The number of pyridine rings is 1. The standard InChI is InChI=1S/C15H16N2O/c1-12-6-5-9-14(16-12)17-15(18)11-10-13-7-3-2-4-8-13/h2-9H,10-11H2,1H3,(H,16,17,18). The molecule has 1 aromatic heterocycles. The summed E-state index contributed by atoms with van der Waals surface area (Å²) in [6.07, 6.45) is 1.22. The molecule has 0 spiro atoms. The molecule has 2 rings (SSSR count). The molecule has 18 heavy (non-hydrogen) atoms. The molecule has 92 valence electrons. The summed E-state index contributed by atoms with van der Waals surface area (Å²) >= 11 is 0. The first kappa shape index (κ1) is 12.3. The average Bonchev–Trinajstić information content (AvgIpc) is 2.38. The minimum absolute atomic E-state index is 0.00282. The van der Waals surface area contributed by atoms with E-state index in [1.165, 1.54) is 5.56 Å². The summed E-state index contributed by atoms with van der Waals surface area (Å²) in [6.45, 7) is 1.90. The van der Waals surface area contributed by atoms with Gasteiger partial charge in [0.05, 0.1) is 0 Å². The Bertz CT molecular complexity index is 523. The third kappa shape index (κ3) is 3.70. The Morgan fingerprint density at radius 3 is 2.61 bits per heavy atom. The van der Waals surface area contributed by atoms with Crippen LogP contribution in [0.25, 0.3) is 0 Å². The van der Waals surface area contributed by atoms with Crippen LogP contribution in [-0.4, -0.2) is 10.9 Å². The van der Waals surface area contributed by atoms with Gasteiger partial charge in [-0.1, -0.05) is 36.4 Å². The first-order valence-corrected chi connectivity index (χ1v) is 6.01. The number of anilines is 1. The van der Waals surface area contributed by atoms with Crippen LogP contribution in [0.3, 0.4) is 0 Å². The van der Waals surface area contributed by atoms with Gasteiger partial charge in [0.2, 0.25) is 5.91 Å². The molecule has 0 radical (unpaired) electrons. The molecule has 1 heterocycles. The van der Waals surface area contributed by atoms with E-state index in [2.05, 4.69) is 10.3 Å². The normalized spacial score (nSPS) is 10.1. The molecule has 3 nitrogen and oxygen atoms in total. The van der Waals surface area contributed by atoms with Gasteiger partial charge >= 0.3 is 0 Å². The summed E-state index contributed by atoms with van der Waals surface area (Å²) in [6, 6.07) is 15.6. The van der Waals surface area contributed by atoms with E-state index >= 15 is 0 Å². The van der Waals surface area contributed by atoms with Crippen molar-refractivity contribution in [3.63, 3.8) is 0 Å². The molecule has 1 N–H and O–H groups in total. The average molecular weight is 240 g/mol. The predicted molar refractivity (Wildman–Crippen MR) is 72.4 cm³/mol. The van der Waals surface area contributed by atoms with Crippen molar-refractivity contribution in [3.8, 4) is 0 Å². The molecule has 2 aromatic rings. The molecule has 0 saturated carbocycles. The molecule has 1 amide bonds. The lowest BCUT2D eigenvalue weighted by Crippen LogP contribution is -2.13. The summed E-state index contributed by atoms with van der Waals surface area (Å²) in [5.74, 6) is 0.616. The van der Waals surface area contributed by atoms with E-state index in [1.807, 2.05) is 49.4 Å². The number of hydrogen-bond acceptors (Lipinski definition) is 2. The highest BCUT2D eigenvalue weighted by atomic mass is 16.1. The van der Waals surface area contributed by atoms with Gasteiger partial charge in [-0.25, -0.2) is 4.98 Å². The zero-order valence-electron chi connectivity index (χ0n) is 10.4. The maximum atomic E-state index is 11.7. The van der Waals surface area contributed by atoms with E-state index < -0.39 is 0 Å². The molecule has 0 aliphatic heterocycles. The van der Waals surface area contributed by atoms with Crippen molar-refractivity contribution in [2.45, 2.75) is 19.8 Å². The van der Waals surface area contributed by atoms with Crippen molar-refractivity contribution in [3.05, 3.63) is 59.8 Å². The van der Waals surface area contributed by atoms with E-state index in [9.17, 15) is 4.79 Å². The van der Waals surface area contributed by atoms with Crippen LogP contribution in [-0.2, 0) is 11.2 Å². The van der Waals surface area contributed by atoms with Crippen LogP contribution in [0.5, 0.6) is 0 Å². The lowest BCUT2D eigenvalue weighted by atomic mass is 10.1. The van der Waals surface area contributed by atoms with Crippen molar-refractivity contribution in [1.29, 1.82) is 0 Å². The molecular formula is C15H16N2O. The first-order chi connectivity index (χ1) is 8.74. The highest BCUT2D eigenvalue weighted by Gasteiger charge is 2.03. The highest BCUT2D eigenvalue weighted by Crippen LogP contribution is 2.06. The van der Waals surface area contributed by atoms with Crippen molar-refractivity contribution in [1.82, 2.24) is 4.98 Å². The lowest BCUT2D eigenvalue weighted by molar-refractivity contribution is -0.116. The Morgan fingerprint density at radius 2 is 1.89 bits per heavy atom. The second kappa shape index (κ2) is 5.96. The molecule has 0 fully saturated rings. The number of hydrogen-bond donors (Lipinski definition) is 1. The number of benzene rings is 1. The number of rotatable bonds is 4. The van der Waals surface area contributed by atoms with Crippen LogP contribution < -0.4 is 5.32 Å². The Morgan fingerprint density at radius 1 is 1.11 bits per heavy atom. The van der Waals surface area contributed by atoms with Crippen molar-refractivity contribution >= 4 is 11.7 Å². The van der Waals surface area contributed by atoms with Crippen LogP contribution in [0.4, 0.5) is 5.82 Å². The summed E-state index contributed by atoms with van der Waals surface area (Å²) in [4.78, 5) is 16.0. The van der Waals surface area contributed by atoms with Crippen molar-refractivity contribution in [2.75, 3.05) is 5.32 Å². The van der Waals surface area contributed by atoms with E-state index in [-0.39, 0.29) is 5.91 Å². The maximum Gasteiger partial charge on any atom is 0.225 e. The van der Waals surface area contributed by atoms with Gasteiger partial charge in [0.15, 0.2) is 0 Å². The second-order valence-corrected chi connectivity index (χ2v) is 4.20. The summed E-state index contributed by atoms with van der Waals surface area (Å²) in [5, 5.41) is 2.80. The SMILES string of the molecule is Cc1cccc(NC(=O)CCc2ccccc2)n1. The third-order valence-electron chi connectivity index (χ3n) is 2.64. The number of carbonyl (C=O) groups is 1. The zero-order valence-corrected chi connectivity index (χ0v) is 10.4. The van der Waals surface area contributed by atoms with Gasteiger partial charge < -0.3 is 5.32 Å². The molecule has 0 aliphatic rings. The van der Waals surface area contributed by atoms with Gasteiger partial charge in [-0.05, 0) is 31.0 Å². The summed E-state index contributed by atoms with van der Waals surface area (Å²) in [7, 11) is 0. The predicted octanol–water partition coefficient (Wildman–Crippen LogP) is 2.96. The number of carbonyl (C=O) groups excluding carboxylic acids is 1. The Hall–Kier alpha value is -2.16. The van der Waals surface area contributed by atoms with Gasteiger partial charge in [0, 0.05) is 12.1 Å². The van der Waals surface area contributed by atoms with Crippen LogP contribution in [0.2, 0.25) is 0 Å². The van der Waals surface area contributed by atoms with Crippen LogP contribution in [0, 0.1) is 6.92 Å². The number of nitrogens with zero attached hydrogens (tertiary/aromatic N) is 1. The molecule has 1 aromatic carbocycles. The minimum Gasteiger partial charge on any atom is -0.311 e. The maximum absolute atomic E-state index is 11.7. The monoisotopic (exact) mass is 240 g/mol. The molecule has 0 aliphatic carbocycles. The van der Waals surface area contributed by atoms with E-state index in [0.717, 1.165) is 12.1 Å². The van der Waals surface area contributed by atoms with Gasteiger partial charge in [-0.2, -0.15) is 0 Å². The molecule has 0 bridgehead atoms. The minimum atomic E-state index is -0.00282. The number of nitrogens with one attached hydrogen (secondary N) is 1. The number of aromatic nitrogens is 1. The molecule has 3 heteroatoms. The van der Waals surface area contributed by atoms with Gasteiger partial charge in [-0.15, -0.1) is 0 Å². The molecule has 0 atom stereocenters. The molecular weight excluding hydrogens is 224 g/mol. The first-order valence-electron chi connectivity index (χ1n) is 6.01. The quantitative estimate of drug-likeness (QED) is 0.892. The van der Waals surface area contributed by atoms with Gasteiger partial charge in [-0.3, -0.25) is 4.79 Å². The summed E-state index contributed by atoms with van der Waals surface area (Å²) < 4.78 is 0. The third-order valence-corrected chi connectivity index (χ3v) is 2.64. The van der Waals surface area contributed by atoms with Gasteiger partial charge in [0.1, 0.15) is 5.82 Å². The van der Waals surface area contributed by atoms with E-state index in [1.54, 1.807) is 6.07 Å². The van der Waals surface area contributed by atoms with Crippen LogP contribution >= 0.6 is 0 Å². The Kier molecular flexibility index (Phi) is 4.07. The van der Waals surface area contributed by atoms with E-state index in [4.69, 9.17) is 0 Å². The summed E-state index contributed by atoms with van der Waals surface area (Å²) in [5.41, 5.74) is 2.07. The van der Waals surface area contributed by atoms with Crippen LogP contribution in [0.1, 0.15) is 17.7 Å². The Labute approximate surface area is 107 Å². The fourth-order valence-corrected chi connectivity index (χ4v) is 1.72. The molecule has 0 saturated heterocycles. The lowest BCUT2D eigenvalue weighted by Gasteiger charge is -2.05. The second-order valence-electron chi connectivity index (χ2n) is 4.20. The van der Waals surface area contributed by atoms with Gasteiger partial charge in [0.25, 0.3) is 0 Å². The fraction of sp³-hybridized carbons (Fsp3) is 0.200. The van der Waals surface area contributed by atoms with Crippen molar-refractivity contribution in [2.24, 2.45) is 0 Å². The Balaban J connectivity index is 1.86. The topological polar surface area (TPSA) is 42.0 Å². The number of amides is 1. The van der Waals surface area contributed by atoms with Crippen molar-refractivity contribution < 1.29 is 4.79 Å². The fourth-order valence-electron chi connectivity index (χ4n) is 1.72. The largest absolute Gasteiger partial charge is 0.311 e. The highest BCUT2D eigenvalue weighted by molar-refractivity contribution is 5.89. The van der Waals surface area contributed by atoms with E-state index in [0.29, 0.717) is 12.2 Å². The zero-order chi connectivity index (χ0) is 12.8. The van der Waals surface area contributed by atoms with Crippen LogP contribution in [0.15, 0.2) is 48.5 Å². The number of aryl methyl sites for hydroxylation is 2. The smallest absolute Gasteiger partial charge is 0.225 e. The molecule has 0 unspecified atom stereocenters.